The van der Waals surface area contributed by atoms with Gasteiger partial charge in [-0.2, -0.15) is 0 Å². The van der Waals surface area contributed by atoms with Gasteiger partial charge < -0.3 is 15.0 Å². The minimum atomic E-state index is 0.184. The molecule has 2 rings (SSSR count). The van der Waals surface area contributed by atoms with E-state index in [9.17, 15) is 0 Å². The molecule has 2 heterocycles. The van der Waals surface area contributed by atoms with E-state index >= 15 is 0 Å². The fourth-order valence-corrected chi connectivity index (χ4v) is 2.76. The Morgan fingerprint density at radius 1 is 1.43 bits per heavy atom. The van der Waals surface area contributed by atoms with E-state index in [0.29, 0.717) is 12.5 Å². The highest BCUT2D eigenvalue weighted by Gasteiger charge is 2.24. The predicted molar refractivity (Wildman–Crippen MR) is 88.1 cm³/mol. The summed E-state index contributed by atoms with van der Waals surface area (Å²) >= 11 is 0. The molecular formula is C17H29N3O. The molecule has 1 N–H and O–H groups in total. The summed E-state index contributed by atoms with van der Waals surface area (Å²) in [5.74, 6) is 2.58. The Kier molecular flexibility index (Phi) is 5.45. The second-order valence-electron chi connectivity index (χ2n) is 6.84. The van der Waals surface area contributed by atoms with Gasteiger partial charge in [0.1, 0.15) is 0 Å². The minimum absolute atomic E-state index is 0.184. The third-order valence-electron chi connectivity index (χ3n) is 3.79. The topological polar surface area (TPSA) is 37.4 Å². The lowest BCUT2D eigenvalue weighted by Crippen LogP contribution is -2.45. The Morgan fingerprint density at radius 2 is 2.24 bits per heavy atom. The zero-order valence-corrected chi connectivity index (χ0v) is 13.9. The molecule has 0 spiro atoms. The number of nitrogens with one attached hydrogen (secondary N) is 1. The zero-order chi connectivity index (χ0) is 15.3. The van der Waals surface area contributed by atoms with Gasteiger partial charge in [-0.3, -0.25) is 0 Å². The van der Waals surface area contributed by atoms with E-state index in [1.54, 1.807) is 0 Å². The van der Waals surface area contributed by atoms with E-state index in [0.717, 1.165) is 31.2 Å². The molecule has 0 saturated carbocycles. The Balaban J connectivity index is 2.00. The first-order valence-electron chi connectivity index (χ1n) is 8.07. The van der Waals surface area contributed by atoms with Crippen LogP contribution in [0.1, 0.15) is 40.5 Å². The Labute approximate surface area is 128 Å². The summed E-state index contributed by atoms with van der Waals surface area (Å²) in [6.45, 7) is 12.6. The van der Waals surface area contributed by atoms with Gasteiger partial charge >= 0.3 is 0 Å². The second-order valence-corrected chi connectivity index (χ2v) is 6.84. The molecule has 1 fully saturated rings. The van der Waals surface area contributed by atoms with Crippen molar-refractivity contribution < 1.29 is 4.74 Å². The number of rotatable bonds is 5. The molecule has 0 bridgehead atoms. The Morgan fingerprint density at radius 3 is 2.95 bits per heavy atom. The van der Waals surface area contributed by atoms with Crippen LogP contribution in [0.4, 0.5) is 5.82 Å². The maximum atomic E-state index is 5.72. The molecule has 1 atom stereocenters. The molecule has 1 aliphatic rings. The molecule has 1 aromatic rings. The summed E-state index contributed by atoms with van der Waals surface area (Å²) in [6.07, 6.45) is 4.36. The summed E-state index contributed by atoms with van der Waals surface area (Å²) in [6, 6.07) is 3.96. The molecular weight excluding hydrogens is 262 g/mol. The van der Waals surface area contributed by atoms with Crippen molar-refractivity contribution in [1.29, 1.82) is 0 Å². The number of nitrogens with zero attached hydrogens (tertiary/aromatic N) is 2. The fourth-order valence-electron chi connectivity index (χ4n) is 2.76. The van der Waals surface area contributed by atoms with Gasteiger partial charge in [-0.25, -0.2) is 4.98 Å². The molecule has 0 amide bonds. The van der Waals surface area contributed by atoms with E-state index in [-0.39, 0.29) is 5.54 Å². The lowest BCUT2D eigenvalue weighted by molar-refractivity contribution is 0.323. The first-order chi connectivity index (χ1) is 9.99. The van der Waals surface area contributed by atoms with Gasteiger partial charge in [0.15, 0.2) is 11.6 Å². The first kappa shape index (κ1) is 16.1. The fraction of sp³-hybridized carbons (Fsp3) is 0.706. The molecule has 4 heteroatoms. The quantitative estimate of drug-likeness (QED) is 0.904. The average molecular weight is 291 g/mol. The number of aromatic nitrogens is 1. The average Bonchev–Trinajstić information content (AvgIpc) is 2.46. The van der Waals surface area contributed by atoms with Crippen LogP contribution in [0.25, 0.3) is 0 Å². The van der Waals surface area contributed by atoms with Crippen molar-refractivity contribution in [3.05, 3.63) is 18.3 Å². The van der Waals surface area contributed by atoms with Crippen LogP contribution in [-0.2, 0) is 0 Å². The highest BCUT2D eigenvalue weighted by molar-refractivity contribution is 5.52. The summed E-state index contributed by atoms with van der Waals surface area (Å²) in [5, 5.41) is 3.63. The van der Waals surface area contributed by atoms with Gasteiger partial charge in [0.25, 0.3) is 0 Å². The number of anilines is 1. The smallest absolute Gasteiger partial charge is 0.171 e. The van der Waals surface area contributed by atoms with Crippen LogP contribution in [0, 0.1) is 5.92 Å². The maximum absolute atomic E-state index is 5.72. The van der Waals surface area contributed by atoms with E-state index < -0.39 is 0 Å². The van der Waals surface area contributed by atoms with Crippen molar-refractivity contribution >= 4 is 5.82 Å². The lowest BCUT2D eigenvalue weighted by Gasteiger charge is -2.35. The summed E-state index contributed by atoms with van der Waals surface area (Å²) < 4.78 is 5.72. The third kappa shape index (κ3) is 4.88. The Hall–Kier alpha value is -1.29. The lowest BCUT2D eigenvalue weighted by atomic mass is 9.96. The molecule has 118 valence electrons. The summed E-state index contributed by atoms with van der Waals surface area (Å²) in [5.41, 5.74) is 0.184. The van der Waals surface area contributed by atoms with Gasteiger partial charge in [0.05, 0.1) is 6.61 Å². The normalized spacial score (nSPS) is 19.6. The molecule has 4 nitrogen and oxygen atoms in total. The number of ether oxygens (including phenoxy) is 1. The molecule has 1 aliphatic heterocycles. The molecule has 1 aromatic heterocycles. The van der Waals surface area contributed by atoms with Crippen LogP contribution in [0.15, 0.2) is 18.3 Å². The monoisotopic (exact) mass is 291 g/mol. The minimum Gasteiger partial charge on any atom is -0.490 e. The van der Waals surface area contributed by atoms with Crippen LogP contribution < -0.4 is 15.0 Å². The number of piperidine rings is 1. The van der Waals surface area contributed by atoms with E-state index in [1.807, 2.05) is 25.3 Å². The van der Waals surface area contributed by atoms with Crippen molar-refractivity contribution in [2.75, 3.05) is 31.1 Å². The van der Waals surface area contributed by atoms with Crippen molar-refractivity contribution in [3.63, 3.8) is 0 Å². The largest absolute Gasteiger partial charge is 0.490 e. The van der Waals surface area contributed by atoms with Crippen LogP contribution in [0.2, 0.25) is 0 Å². The van der Waals surface area contributed by atoms with E-state index in [1.165, 1.54) is 12.8 Å². The highest BCUT2D eigenvalue weighted by atomic mass is 16.5. The third-order valence-corrected chi connectivity index (χ3v) is 3.79. The highest BCUT2D eigenvalue weighted by Crippen LogP contribution is 2.29. The SMILES string of the molecule is CCOc1cccnc1N1CCCC(CNC(C)(C)C)C1. The van der Waals surface area contributed by atoms with Crippen molar-refractivity contribution in [2.24, 2.45) is 5.92 Å². The standard InChI is InChI=1S/C17H29N3O/c1-5-21-15-9-6-10-18-16(15)20-11-7-8-14(13-20)12-19-17(2,3)4/h6,9-10,14,19H,5,7-8,11-13H2,1-4H3. The van der Waals surface area contributed by atoms with Gasteiger partial charge in [-0.05, 0) is 58.6 Å². The van der Waals surface area contributed by atoms with E-state index in [4.69, 9.17) is 4.74 Å². The van der Waals surface area contributed by atoms with Crippen LogP contribution in [0.3, 0.4) is 0 Å². The first-order valence-corrected chi connectivity index (χ1v) is 8.07. The maximum Gasteiger partial charge on any atom is 0.171 e. The van der Waals surface area contributed by atoms with Crippen LogP contribution >= 0.6 is 0 Å². The summed E-state index contributed by atoms with van der Waals surface area (Å²) in [7, 11) is 0. The van der Waals surface area contributed by atoms with E-state index in [2.05, 4.69) is 36.0 Å². The molecule has 0 aromatic carbocycles. The molecule has 21 heavy (non-hydrogen) atoms. The van der Waals surface area contributed by atoms with Crippen molar-refractivity contribution in [3.8, 4) is 5.75 Å². The molecule has 1 saturated heterocycles. The number of pyridine rings is 1. The summed E-state index contributed by atoms with van der Waals surface area (Å²) in [4.78, 5) is 6.92. The van der Waals surface area contributed by atoms with Crippen LogP contribution in [0.5, 0.6) is 5.75 Å². The predicted octanol–water partition coefficient (Wildman–Crippen LogP) is 3.08. The second kappa shape index (κ2) is 7.12. The Bertz CT molecular complexity index is 442. The zero-order valence-electron chi connectivity index (χ0n) is 13.9. The molecule has 0 radical (unpaired) electrons. The number of hydrogen-bond donors (Lipinski definition) is 1. The van der Waals surface area contributed by atoms with Gasteiger partial charge in [0.2, 0.25) is 0 Å². The van der Waals surface area contributed by atoms with Gasteiger partial charge in [-0.15, -0.1) is 0 Å². The van der Waals surface area contributed by atoms with Crippen molar-refractivity contribution in [1.82, 2.24) is 10.3 Å². The molecule has 1 unspecified atom stereocenters. The molecule has 0 aliphatic carbocycles. The van der Waals surface area contributed by atoms with Gasteiger partial charge in [0, 0.05) is 31.4 Å². The number of hydrogen-bond acceptors (Lipinski definition) is 4. The van der Waals surface area contributed by atoms with Crippen molar-refractivity contribution in [2.45, 2.75) is 46.1 Å². The van der Waals surface area contributed by atoms with Gasteiger partial charge in [-0.1, -0.05) is 0 Å². The van der Waals surface area contributed by atoms with Crippen LogP contribution in [-0.4, -0.2) is 36.8 Å².